The lowest BCUT2D eigenvalue weighted by molar-refractivity contribution is 0.210. The number of ether oxygens (including phenoxy) is 1. The molecule has 0 saturated carbocycles. The van der Waals surface area contributed by atoms with Crippen molar-refractivity contribution in [2.45, 2.75) is 32.6 Å². The average Bonchev–Trinajstić information content (AvgIpc) is 2.44. The Balaban J connectivity index is 2.25. The molecule has 4 heteroatoms. The number of carbonyl (C=O) groups excluding carboxylic acids is 1. The minimum absolute atomic E-state index is 0.0255. The Labute approximate surface area is 130 Å². The summed E-state index contributed by atoms with van der Waals surface area (Å²) in [5, 5.41) is 10.2. The maximum Gasteiger partial charge on any atom is 0.409 e. The van der Waals surface area contributed by atoms with Gasteiger partial charge in [-0.25, -0.2) is 4.79 Å². The van der Waals surface area contributed by atoms with Crippen LogP contribution in [-0.4, -0.2) is 11.2 Å². The largest absolute Gasteiger partial charge is 0.508 e. The highest BCUT2D eigenvalue weighted by Crippen LogP contribution is 2.36. The predicted molar refractivity (Wildman–Crippen MR) is 86.3 cm³/mol. The number of rotatable bonds is 5. The first-order valence-corrected chi connectivity index (χ1v) is 7.34. The lowest BCUT2D eigenvalue weighted by Gasteiger charge is -2.15. The van der Waals surface area contributed by atoms with Crippen molar-refractivity contribution in [2.24, 2.45) is 5.73 Å². The maximum atomic E-state index is 11.1. The van der Waals surface area contributed by atoms with Gasteiger partial charge in [0.25, 0.3) is 0 Å². The summed E-state index contributed by atoms with van der Waals surface area (Å²) >= 11 is 0. The fraction of sp³-hybridized carbons (Fsp3) is 0.278. The van der Waals surface area contributed by atoms with Gasteiger partial charge in [0, 0.05) is 5.56 Å². The maximum absolute atomic E-state index is 11.1. The van der Waals surface area contributed by atoms with Crippen molar-refractivity contribution in [3.05, 3.63) is 59.2 Å². The van der Waals surface area contributed by atoms with Crippen LogP contribution in [0.15, 0.2) is 42.5 Å². The number of aryl methyl sites for hydroxylation is 2. The van der Waals surface area contributed by atoms with E-state index in [1.165, 1.54) is 5.56 Å². The molecule has 0 aliphatic heterocycles. The summed E-state index contributed by atoms with van der Waals surface area (Å²) in [5.41, 5.74) is 7.83. The second kappa shape index (κ2) is 6.98. The SMILES string of the molecule is CC(C)c1c(O)cc(CCc2ccccc2)cc1OC(N)=O. The molecule has 0 heterocycles. The van der Waals surface area contributed by atoms with Crippen LogP contribution in [0.4, 0.5) is 4.79 Å². The molecule has 0 aromatic heterocycles. The summed E-state index contributed by atoms with van der Waals surface area (Å²) in [6, 6.07) is 13.6. The van der Waals surface area contributed by atoms with Crippen LogP contribution in [0.5, 0.6) is 11.5 Å². The summed E-state index contributed by atoms with van der Waals surface area (Å²) in [6.45, 7) is 3.85. The number of hydrogen-bond acceptors (Lipinski definition) is 3. The minimum Gasteiger partial charge on any atom is -0.508 e. The van der Waals surface area contributed by atoms with Crippen LogP contribution in [0.1, 0.15) is 36.5 Å². The Hall–Kier alpha value is -2.49. The number of primary amides is 1. The Morgan fingerprint density at radius 1 is 1.14 bits per heavy atom. The van der Waals surface area contributed by atoms with Crippen molar-refractivity contribution in [3.63, 3.8) is 0 Å². The second-order valence-electron chi connectivity index (χ2n) is 5.59. The lowest BCUT2D eigenvalue weighted by atomic mass is 9.96. The molecule has 2 aromatic rings. The summed E-state index contributed by atoms with van der Waals surface area (Å²) in [4.78, 5) is 11.1. The molecule has 2 aromatic carbocycles. The van der Waals surface area contributed by atoms with E-state index in [9.17, 15) is 9.90 Å². The molecule has 22 heavy (non-hydrogen) atoms. The van der Waals surface area contributed by atoms with Crippen LogP contribution in [0.3, 0.4) is 0 Å². The van der Waals surface area contributed by atoms with E-state index in [0.29, 0.717) is 11.3 Å². The number of hydrogen-bond donors (Lipinski definition) is 2. The van der Waals surface area contributed by atoms with Crippen molar-refractivity contribution in [1.29, 1.82) is 0 Å². The molecule has 3 N–H and O–H groups in total. The summed E-state index contributed by atoms with van der Waals surface area (Å²) in [7, 11) is 0. The van der Waals surface area contributed by atoms with E-state index in [1.54, 1.807) is 12.1 Å². The van der Waals surface area contributed by atoms with E-state index in [0.717, 1.165) is 18.4 Å². The zero-order valence-electron chi connectivity index (χ0n) is 12.9. The molecule has 4 nitrogen and oxygen atoms in total. The average molecular weight is 299 g/mol. The van der Waals surface area contributed by atoms with E-state index >= 15 is 0 Å². The van der Waals surface area contributed by atoms with Crippen molar-refractivity contribution >= 4 is 6.09 Å². The smallest absolute Gasteiger partial charge is 0.409 e. The molecule has 2 rings (SSSR count). The zero-order valence-corrected chi connectivity index (χ0v) is 12.9. The molecule has 0 unspecified atom stereocenters. The van der Waals surface area contributed by atoms with Crippen LogP contribution >= 0.6 is 0 Å². The Morgan fingerprint density at radius 3 is 2.36 bits per heavy atom. The molecule has 0 atom stereocenters. The van der Waals surface area contributed by atoms with Crippen LogP contribution in [-0.2, 0) is 12.8 Å². The van der Waals surface area contributed by atoms with E-state index in [-0.39, 0.29) is 11.7 Å². The molecule has 116 valence electrons. The zero-order chi connectivity index (χ0) is 16.1. The summed E-state index contributed by atoms with van der Waals surface area (Å²) < 4.78 is 5.06. The first-order chi connectivity index (χ1) is 10.5. The summed E-state index contributed by atoms with van der Waals surface area (Å²) in [6.07, 6.45) is 0.712. The molecule has 0 spiro atoms. The van der Waals surface area contributed by atoms with Crippen LogP contribution in [0.25, 0.3) is 0 Å². The molecule has 1 amide bonds. The van der Waals surface area contributed by atoms with E-state index in [1.807, 2.05) is 32.0 Å². The third-order valence-corrected chi connectivity index (χ3v) is 3.51. The van der Waals surface area contributed by atoms with Gasteiger partial charge in [0.05, 0.1) is 0 Å². The van der Waals surface area contributed by atoms with Crippen LogP contribution in [0, 0.1) is 0 Å². The third kappa shape index (κ3) is 4.01. The number of phenolic OH excluding ortho intramolecular Hbond substituents is 1. The van der Waals surface area contributed by atoms with Gasteiger partial charge in [-0.15, -0.1) is 0 Å². The van der Waals surface area contributed by atoms with Gasteiger partial charge in [0.15, 0.2) is 0 Å². The fourth-order valence-corrected chi connectivity index (χ4v) is 2.52. The normalized spacial score (nSPS) is 10.7. The quantitative estimate of drug-likeness (QED) is 0.883. The molecular weight excluding hydrogens is 278 g/mol. The lowest BCUT2D eigenvalue weighted by Crippen LogP contribution is -2.17. The van der Waals surface area contributed by atoms with Gasteiger partial charge in [-0.1, -0.05) is 44.2 Å². The highest BCUT2D eigenvalue weighted by atomic mass is 16.5. The molecule has 0 fully saturated rings. The van der Waals surface area contributed by atoms with E-state index in [4.69, 9.17) is 10.5 Å². The number of amides is 1. The van der Waals surface area contributed by atoms with Crippen molar-refractivity contribution in [3.8, 4) is 11.5 Å². The van der Waals surface area contributed by atoms with E-state index < -0.39 is 6.09 Å². The number of benzene rings is 2. The Morgan fingerprint density at radius 2 is 1.77 bits per heavy atom. The molecule has 0 saturated heterocycles. The van der Waals surface area contributed by atoms with Gasteiger partial charge >= 0.3 is 6.09 Å². The number of phenols is 1. The van der Waals surface area contributed by atoms with Crippen LogP contribution < -0.4 is 10.5 Å². The van der Waals surface area contributed by atoms with Gasteiger partial charge in [0.2, 0.25) is 0 Å². The molecule has 0 aliphatic carbocycles. The van der Waals surface area contributed by atoms with Gasteiger partial charge < -0.3 is 15.6 Å². The first kappa shape index (κ1) is 15.9. The van der Waals surface area contributed by atoms with Crippen LogP contribution in [0.2, 0.25) is 0 Å². The van der Waals surface area contributed by atoms with Gasteiger partial charge in [-0.2, -0.15) is 0 Å². The van der Waals surface area contributed by atoms with Crippen molar-refractivity contribution in [1.82, 2.24) is 0 Å². The van der Waals surface area contributed by atoms with Gasteiger partial charge in [-0.05, 0) is 42.0 Å². The van der Waals surface area contributed by atoms with Gasteiger partial charge in [0.1, 0.15) is 11.5 Å². The molecule has 0 radical (unpaired) electrons. The fourth-order valence-electron chi connectivity index (χ4n) is 2.52. The molecule has 0 bridgehead atoms. The first-order valence-electron chi connectivity index (χ1n) is 7.34. The van der Waals surface area contributed by atoms with Crippen molar-refractivity contribution in [2.75, 3.05) is 0 Å². The second-order valence-corrected chi connectivity index (χ2v) is 5.59. The number of aromatic hydroxyl groups is 1. The minimum atomic E-state index is -0.874. The Kier molecular flexibility index (Phi) is 5.04. The Bertz CT molecular complexity index is 651. The standard InChI is InChI=1S/C18H21NO3/c1-12(2)17-15(20)10-14(11-16(17)22-18(19)21)9-8-13-6-4-3-5-7-13/h3-7,10-12,20H,8-9H2,1-2H3,(H2,19,21). The third-order valence-electron chi connectivity index (χ3n) is 3.51. The molecule has 0 aliphatic rings. The topological polar surface area (TPSA) is 72.6 Å². The predicted octanol–water partition coefficient (Wildman–Crippen LogP) is 3.76. The monoisotopic (exact) mass is 299 g/mol. The number of carbonyl (C=O) groups is 1. The van der Waals surface area contributed by atoms with E-state index in [2.05, 4.69) is 12.1 Å². The highest BCUT2D eigenvalue weighted by molar-refractivity contribution is 5.69. The number of nitrogens with two attached hydrogens (primary N) is 1. The highest BCUT2D eigenvalue weighted by Gasteiger charge is 2.16. The summed E-state index contributed by atoms with van der Waals surface area (Å²) in [5.74, 6) is 0.500. The molecular formula is C18H21NO3. The van der Waals surface area contributed by atoms with Crippen molar-refractivity contribution < 1.29 is 14.6 Å². The van der Waals surface area contributed by atoms with Gasteiger partial charge in [-0.3, -0.25) is 0 Å².